The first kappa shape index (κ1) is 18.6. The number of methoxy groups -OCH3 is 1. The van der Waals surface area contributed by atoms with Gasteiger partial charge in [-0.1, -0.05) is 35.3 Å². The number of nitrogens with one attached hydrogen (secondary N) is 2. The molecule has 0 aliphatic rings. The van der Waals surface area contributed by atoms with Crippen molar-refractivity contribution in [2.24, 2.45) is 0 Å². The Morgan fingerprint density at radius 2 is 1.96 bits per heavy atom. The van der Waals surface area contributed by atoms with Crippen LogP contribution in [-0.4, -0.2) is 26.1 Å². The van der Waals surface area contributed by atoms with E-state index in [-0.39, 0.29) is 5.91 Å². The largest absolute Gasteiger partial charge is 0.497 e. The van der Waals surface area contributed by atoms with Crippen molar-refractivity contribution in [3.05, 3.63) is 58.1 Å². The zero-order chi connectivity index (χ0) is 17.4. The van der Waals surface area contributed by atoms with Gasteiger partial charge in [0, 0.05) is 34.8 Å². The van der Waals surface area contributed by atoms with Crippen LogP contribution in [0.1, 0.15) is 12.0 Å². The van der Waals surface area contributed by atoms with Crippen LogP contribution >= 0.6 is 23.2 Å². The molecular weight excluding hydrogens is 347 g/mol. The van der Waals surface area contributed by atoms with Crippen LogP contribution in [0.4, 0.5) is 5.69 Å². The smallest absolute Gasteiger partial charge is 0.225 e. The molecule has 0 spiro atoms. The van der Waals surface area contributed by atoms with Gasteiger partial charge in [0.2, 0.25) is 5.91 Å². The minimum atomic E-state index is -0.0414. The first-order chi connectivity index (χ1) is 11.6. The maximum Gasteiger partial charge on any atom is 0.225 e. The Labute approximate surface area is 152 Å². The minimum absolute atomic E-state index is 0.0414. The maximum atomic E-state index is 11.9. The molecule has 128 valence electrons. The van der Waals surface area contributed by atoms with E-state index >= 15 is 0 Å². The maximum absolute atomic E-state index is 11.9. The standard InChI is InChI=1S/C18H20Cl2N2O2/c1-24-16-4-2-3-15(12-16)22-18(23)8-10-21-9-7-13-5-6-14(19)11-17(13)20/h2-6,11-12,21H,7-10H2,1H3,(H,22,23). The highest BCUT2D eigenvalue weighted by molar-refractivity contribution is 6.35. The molecule has 2 N–H and O–H groups in total. The van der Waals surface area contributed by atoms with Gasteiger partial charge in [-0.15, -0.1) is 0 Å². The number of hydrogen-bond donors (Lipinski definition) is 2. The van der Waals surface area contributed by atoms with Crippen LogP contribution in [0.25, 0.3) is 0 Å². The molecular formula is C18H20Cl2N2O2. The van der Waals surface area contributed by atoms with Crippen molar-refractivity contribution in [1.29, 1.82) is 0 Å². The number of halogens is 2. The minimum Gasteiger partial charge on any atom is -0.497 e. The fourth-order valence-electron chi connectivity index (χ4n) is 2.20. The molecule has 0 fully saturated rings. The zero-order valence-electron chi connectivity index (χ0n) is 13.4. The molecule has 6 heteroatoms. The summed E-state index contributed by atoms with van der Waals surface area (Å²) in [5.41, 5.74) is 1.77. The van der Waals surface area contributed by atoms with E-state index in [0.717, 1.165) is 24.2 Å². The van der Waals surface area contributed by atoms with Gasteiger partial charge in [0.1, 0.15) is 5.75 Å². The summed E-state index contributed by atoms with van der Waals surface area (Å²) in [6, 6.07) is 12.8. The van der Waals surface area contributed by atoms with E-state index in [1.807, 2.05) is 30.3 Å². The van der Waals surface area contributed by atoms with E-state index in [2.05, 4.69) is 10.6 Å². The molecule has 0 atom stereocenters. The first-order valence-electron chi connectivity index (χ1n) is 7.67. The lowest BCUT2D eigenvalue weighted by Gasteiger charge is -2.08. The molecule has 2 aromatic rings. The fourth-order valence-corrected chi connectivity index (χ4v) is 2.70. The number of hydrogen-bond acceptors (Lipinski definition) is 3. The second-order valence-corrected chi connectivity index (χ2v) is 6.11. The summed E-state index contributed by atoms with van der Waals surface area (Å²) in [7, 11) is 1.60. The Hall–Kier alpha value is -1.75. The van der Waals surface area contributed by atoms with Crippen molar-refractivity contribution >= 4 is 34.8 Å². The third-order valence-corrected chi connectivity index (χ3v) is 4.06. The summed E-state index contributed by atoms with van der Waals surface area (Å²) in [4.78, 5) is 11.9. The van der Waals surface area contributed by atoms with Crippen LogP contribution in [0, 0.1) is 0 Å². The van der Waals surface area contributed by atoms with Gasteiger partial charge in [-0.05, 0) is 42.8 Å². The fraction of sp³-hybridized carbons (Fsp3) is 0.278. The van der Waals surface area contributed by atoms with E-state index in [1.165, 1.54) is 0 Å². The van der Waals surface area contributed by atoms with Crippen LogP contribution in [0.2, 0.25) is 10.0 Å². The first-order valence-corrected chi connectivity index (χ1v) is 8.42. The van der Waals surface area contributed by atoms with Crippen LogP contribution in [0.3, 0.4) is 0 Å². The number of carbonyl (C=O) groups excluding carboxylic acids is 1. The number of anilines is 1. The molecule has 0 saturated carbocycles. The van der Waals surface area contributed by atoms with Gasteiger partial charge in [0.25, 0.3) is 0 Å². The molecule has 0 aliphatic heterocycles. The summed E-state index contributed by atoms with van der Waals surface area (Å²) in [6.45, 7) is 1.34. The number of benzene rings is 2. The second-order valence-electron chi connectivity index (χ2n) is 5.27. The van der Waals surface area contributed by atoms with Gasteiger partial charge in [-0.3, -0.25) is 4.79 Å². The molecule has 0 unspecified atom stereocenters. The molecule has 4 nitrogen and oxygen atoms in total. The third-order valence-electron chi connectivity index (χ3n) is 3.47. The van der Waals surface area contributed by atoms with Gasteiger partial charge in [-0.2, -0.15) is 0 Å². The van der Waals surface area contributed by atoms with Crippen molar-refractivity contribution in [3.8, 4) is 5.75 Å². The number of ether oxygens (including phenoxy) is 1. The lowest BCUT2D eigenvalue weighted by Crippen LogP contribution is -2.23. The molecule has 0 bridgehead atoms. The van der Waals surface area contributed by atoms with Crippen molar-refractivity contribution in [3.63, 3.8) is 0 Å². The topological polar surface area (TPSA) is 50.4 Å². The van der Waals surface area contributed by atoms with Gasteiger partial charge < -0.3 is 15.4 Å². The van der Waals surface area contributed by atoms with Crippen molar-refractivity contribution in [2.45, 2.75) is 12.8 Å². The van der Waals surface area contributed by atoms with E-state index in [1.54, 1.807) is 19.2 Å². The predicted molar refractivity (Wildman–Crippen MR) is 99.3 cm³/mol. The molecule has 2 rings (SSSR count). The highest BCUT2D eigenvalue weighted by Crippen LogP contribution is 2.21. The van der Waals surface area contributed by atoms with E-state index < -0.39 is 0 Å². The Bertz CT molecular complexity index is 692. The Balaban J connectivity index is 1.67. The van der Waals surface area contributed by atoms with Crippen molar-refractivity contribution in [1.82, 2.24) is 5.32 Å². The van der Waals surface area contributed by atoms with Crippen LogP contribution in [0.5, 0.6) is 5.75 Å². The Morgan fingerprint density at radius 1 is 1.12 bits per heavy atom. The SMILES string of the molecule is COc1cccc(NC(=O)CCNCCc2ccc(Cl)cc2Cl)c1. The van der Waals surface area contributed by atoms with E-state index in [4.69, 9.17) is 27.9 Å². The summed E-state index contributed by atoms with van der Waals surface area (Å²) in [6.07, 6.45) is 1.18. The summed E-state index contributed by atoms with van der Waals surface area (Å²) >= 11 is 12.0. The lowest BCUT2D eigenvalue weighted by molar-refractivity contribution is -0.116. The van der Waals surface area contributed by atoms with Gasteiger partial charge >= 0.3 is 0 Å². The van der Waals surface area contributed by atoms with E-state index in [0.29, 0.717) is 28.8 Å². The van der Waals surface area contributed by atoms with Crippen molar-refractivity contribution < 1.29 is 9.53 Å². The van der Waals surface area contributed by atoms with Crippen molar-refractivity contribution in [2.75, 3.05) is 25.5 Å². The Kier molecular flexibility index (Phi) is 7.37. The van der Waals surface area contributed by atoms with Crippen LogP contribution in [0.15, 0.2) is 42.5 Å². The molecule has 0 radical (unpaired) electrons. The number of rotatable bonds is 8. The average molecular weight is 367 g/mol. The summed E-state index contributed by atoms with van der Waals surface area (Å²) in [5.74, 6) is 0.672. The monoisotopic (exact) mass is 366 g/mol. The summed E-state index contributed by atoms with van der Waals surface area (Å²) < 4.78 is 5.13. The molecule has 0 aromatic heterocycles. The molecule has 1 amide bonds. The zero-order valence-corrected chi connectivity index (χ0v) is 15.0. The summed E-state index contributed by atoms with van der Waals surface area (Å²) in [5, 5.41) is 7.38. The van der Waals surface area contributed by atoms with Crippen LogP contribution in [-0.2, 0) is 11.2 Å². The van der Waals surface area contributed by atoms with Crippen LogP contribution < -0.4 is 15.4 Å². The highest BCUT2D eigenvalue weighted by Gasteiger charge is 2.04. The predicted octanol–water partition coefficient (Wildman–Crippen LogP) is 4.16. The second kappa shape index (κ2) is 9.52. The van der Waals surface area contributed by atoms with E-state index in [9.17, 15) is 4.79 Å². The molecule has 0 heterocycles. The van der Waals surface area contributed by atoms with Gasteiger partial charge in [0.05, 0.1) is 7.11 Å². The number of amides is 1. The molecule has 0 saturated heterocycles. The normalized spacial score (nSPS) is 10.5. The van der Waals surface area contributed by atoms with Gasteiger partial charge in [-0.25, -0.2) is 0 Å². The van der Waals surface area contributed by atoms with Gasteiger partial charge in [0.15, 0.2) is 0 Å². The molecule has 24 heavy (non-hydrogen) atoms. The molecule has 2 aromatic carbocycles. The quantitative estimate of drug-likeness (QED) is 0.689. The average Bonchev–Trinajstić information content (AvgIpc) is 2.56. The third kappa shape index (κ3) is 6.04. The Morgan fingerprint density at radius 3 is 2.71 bits per heavy atom. The lowest BCUT2D eigenvalue weighted by atomic mass is 10.1. The number of carbonyl (C=O) groups is 1. The highest BCUT2D eigenvalue weighted by atomic mass is 35.5. The molecule has 0 aliphatic carbocycles.